The van der Waals surface area contributed by atoms with Crippen LogP contribution in [0.1, 0.15) is 30.3 Å². The van der Waals surface area contributed by atoms with E-state index in [1.807, 2.05) is 6.07 Å². The van der Waals surface area contributed by atoms with Crippen molar-refractivity contribution in [1.82, 2.24) is 4.98 Å². The fourth-order valence-electron chi connectivity index (χ4n) is 1.92. The molecule has 1 aliphatic heterocycles. The minimum atomic E-state index is -0.412. The number of hydrogen-bond acceptors (Lipinski definition) is 5. The molecule has 2 heterocycles. The van der Waals surface area contributed by atoms with Gasteiger partial charge in [0, 0.05) is 19.3 Å². The Balaban J connectivity index is 2.08. The van der Waals surface area contributed by atoms with E-state index in [0.29, 0.717) is 28.6 Å². The Morgan fingerprint density at radius 3 is 2.95 bits per heavy atom. The maximum Gasteiger partial charge on any atom is 0.358 e. The van der Waals surface area contributed by atoms with Gasteiger partial charge < -0.3 is 14.8 Å². The topological polar surface area (TPSA) is 60.5 Å². The number of carbonyl (C=O) groups is 1. The van der Waals surface area contributed by atoms with Crippen molar-refractivity contribution < 1.29 is 14.3 Å². The molecule has 0 bridgehead atoms. The van der Waals surface area contributed by atoms with Crippen LogP contribution in [0.25, 0.3) is 0 Å². The van der Waals surface area contributed by atoms with Gasteiger partial charge in [0.05, 0.1) is 11.1 Å². The molecule has 0 spiro atoms. The molecule has 0 amide bonds. The van der Waals surface area contributed by atoms with E-state index < -0.39 is 5.97 Å². The largest absolute Gasteiger partial charge is 0.461 e. The Morgan fingerprint density at radius 1 is 1.53 bits per heavy atom. The summed E-state index contributed by atoms with van der Waals surface area (Å²) in [6.45, 7) is 3.64. The van der Waals surface area contributed by atoms with Gasteiger partial charge >= 0.3 is 5.97 Å². The van der Waals surface area contributed by atoms with Crippen molar-refractivity contribution in [1.29, 1.82) is 0 Å². The maximum absolute atomic E-state index is 11.7. The summed E-state index contributed by atoms with van der Waals surface area (Å²) in [4.78, 5) is 16.1. The van der Waals surface area contributed by atoms with Crippen LogP contribution in [0, 0.1) is 0 Å². The van der Waals surface area contributed by atoms with Crippen molar-refractivity contribution in [2.75, 3.05) is 25.1 Å². The third-order valence-corrected chi connectivity index (χ3v) is 3.53. The van der Waals surface area contributed by atoms with Crippen LogP contribution in [0.15, 0.2) is 16.6 Å². The predicted octanol–water partition coefficient (Wildman–Crippen LogP) is 2.61. The van der Waals surface area contributed by atoms with Crippen molar-refractivity contribution in [3.8, 4) is 0 Å². The number of carbonyl (C=O) groups excluding carboxylic acids is 1. The molecule has 1 aliphatic rings. The maximum atomic E-state index is 11.7. The quantitative estimate of drug-likeness (QED) is 0.861. The van der Waals surface area contributed by atoms with Gasteiger partial charge in [-0.05, 0) is 47.8 Å². The summed E-state index contributed by atoms with van der Waals surface area (Å²) in [6, 6.07) is 4.00. The average molecular weight is 329 g/mol. The fourth-order valence-corrected chi connectivity index (χ4v) is 2.30. The second kappa shape index (κ2) is 6.86. The molecule has 0 saturated carbocycles. The highest BCUT2D eigenvalue weighted by atomic mass is 79.9. The highest BCUT2D eigenvalue weighted by Gasteiger charge is 2.17. The number of ether oxygens (including phenoxy) is 2. The number of rotatable bonds is 4. The van der Waals surface area contributed by atoms with Gasteiger partial charge in [0.25, 0.3) is 0 Å². The minimum absolute atomic E-state index is 0.305. The lowest BCUT2D eigenvalue weighted by Gasteiger charge is -2.23. The summed E-state index contributed by atoms with van der Waals surface area (Å²) in [5, 5.41) is 3.33. The lowest BCUT2D eigenvalue weighted by Crippen LogP contribution is -2.28. The van der Waals surface area contributed by atoms with E-state index in [4.69, 9.17) is 9.47 Å². The Kier molecular flexibility index (Phi) is 5.15. The first kappa shape index (κ1) is 14.3. The van der Waals surface area contributed by atoms with Crippen LogP contribution in [-0.4, -0.2) is 36.8 Å². The second-order valence-electron chi connectivity index (χ2n) is 4.28. The van der Waals surface area contributed by atoms with Gasteiger partial charge in [0.1, 0.15) is 5.82 Å². The molecule has 6 heteroatoms. The summed E-state index contributed by atoms with van der Waals surface area (Å²) < 4.78 is 10.9. The Morgan fingerprint density at radius 2 is 2.26 bits per heavy atom. The normalized spacial score (nSPS) is 16.1. The van der Waals surface area contributed by atoms with E-state index in [1.165, 1.54) is 0 Å². The van der Waals surface area contributed by atoms with Crippen molar-refractivity contribution >= 4 is 27.7 Å². The SMILES string of the molecule is CCOC(=O)c1nc(NC2CCOCC2)ccc1Br. The van der Waals surface area contributed by atoms with Crippen molar-refractivity contribution in [2.45, 2.75) is 25.8 Å². The van der Waals surface area contributed by atoms with Gasteiger partial charge in [-0.3, -0.25) is 0 Å². The van der Waals surface area contributed by atoms with Gasteiger partial charge in [0.15, 0.2) is 5.69 Å². The van der Waals surface area contributed by atoms with Gasteiger partial charge in [0.2, 0.25) is 0 Å². The molecule has 19 heavy (non-hydrogen) atoms. The van der Waals surface area contributed by atoms with Crippen LogP contribution in [-0.2, 0) is 9.47 Å². The van der Waals surface area contributed by atoms with Crippen LogP contribution >= 0.6 is 15.9 Å². The van der Waals surface area contributed by atoms with E-state index in [9.17, 15) is 4.79 Å². The molecule has 0 unspecified atom stereocenters. The monoisotopic (exact) mass is 328 g/mol. The smallest absolute Gasteiger partial charge is 0.358 e. The van der Waals surface area contributed by atoms with E-state index in [0.717, 1.165) is 26.1 Å². The highest BCUT2D eigenvalue weighted by Crippen LogP contribution is 2.20. The van der Waals surface area contributed by atoms with E-state index in [-0.39, 0.29) is 0 Å². The lowest BCUT2D eigenvalue weighted by molar-refractivity contribution is 0.0518. The van der Waals surface area contributed by atoms with Crippen LogP contribution in [0.5, 0.6) is 0 Å². The third-order valence-electron chi connectivity index (χ3n) is 2.89. The molecule has 1 aromatic rings. The first-order valence-corrected chi connectivity index (χ1v) is 7.18. The first-order valence-electron chi connectivity index (χ1n) is 6.38. The molecule has 0 atom stereocenters. The Hall–Kier alpha value is -1.14. The summed E-state index contributed by atoms with van der Waals surface area (Å²) in [7, 11) is 0. The number of hydrogen-bond donors (Lipinski definition) is 1. The molecule has 1 fully saturated rings. The zero-order valence-electron chi connectivity index (χ0n) is 10.8. The molecule has 5 nitrogen and oxygen atoms in total. The van der Waals surface area contributed by atoms with E-state index in [1.54, 1.807) is 13.0 Å². The van der Waals surface area contributed by atoms with E-state index in [2.05, 4.69) is 26.2 Å². The van der Waals surface area contributed by atoms with Gasteiger partial charge in [-0.1, -0.05) is 0 Å². The molecule has 104 valence electrons. The highest BCUT2D eigenvalue weighted by molar-refractivity contribution is 9.10. The summed E-state index contributed by atoms with van der Waals surface area (Å²) in [5.41, 5.74) is 0.305. The summed E-state index contributed by atoms with van der Waals surface area (Å²) in [5.74, 6) is 0.281. The number of nitrogens with one attached hydrogen (secondary N) is 1. The van der Waals surface area contributed by atoms with Crippen LogP contribution in [0.4, 0.5) is 5.82 Å². The number of nitrogens with zero attached hydrogens (tertiary/aromatic N) is 1. The molecule has 1 aromatic heterocycles. The summed E-state index contributed by atoms with van der Waals surface area (Å²) >= 11 is 3.32. The Bertz CT molecular complexity index is 448. The minimum Gasteiger partial charge on any atom is -0.461 e. The van der Waals surface area contributed by atoms with Gasteiger partial charge in [-0.2, -0.15) is 0 Å². The van der Waals surface area contributed by atoms with Crippen molar-refractivity contribution in [3.05, 3.63) is 22.3 Å². The zero-order chi connectivity index (χ0) is 13.7. The fraction of sp³-hybridized carbons (Fsp3) is 0.538. The predicted molar refractivity (Wildman–Crippen MR) is 75.4 cm³/mol. The number of pyridine rings is 1. The standard InChI is InChI=1S/C13H17BrN2O3/c1-2-19-13(17)12-10(14)3-4-11(16-12)15-9-5-7-18-8-6-9/h3-4,9H,2,5-8H2,1H3,(H,15,16). The van der Waals surface area contributed by atoms with E-state index >= 15 is 0 Å². The molecule has 0 radical (unpaired) electrons. The molecular formula is C13H17BrN2O3. The second-order valence-corrected chi connectivity index (χ2v) is 5.13. The molecule has 0 aliphatic carbocycles. The molecule has 0 aromatic carbocycles. The van der Waals surface area contributed by atoms with Crippen LogP contribution in [0.3, 0.4) is 0 Å². The first-order chi connectivity index (χ1) is 9.20. The number of anilines is 1. The van der Waals surface area contributed by atoms with Crippen LogP contribution in [0.2, 0.25) is 0 Å². The lowest BCUT2D eigenvalue weighted by atomic mass is 10.1. The molecule has 1 N–H and O–H groups in total. The van der Waals surface area contributed by atoms with Crippen molar-refractivity contribution in [2.24, 2.45) is 0 Å². The third kappa shape index (κ3) is 3.91. The molecule has 2 rings (SSSR count). The molecule has 1 saturated heterocycles. The number of esters is 1. The average Bonchev–Trinajstić information content (AvgIpc) is 2.42. The molecular weight excluding hydrogens is 312 g/mol. The van der Waals surface area contributed by atoms with Gasteiger partial charge in [-0.25, -0.2) is 9.78 Å². The number of aromatic nitrogens is 1. The van der Waals surface area contributed by atoms with Crippen LogP contribution < -0.4 is 5.32 Å². The van der Waals surface area contributed by atoms with Crippen molar-refractivity contribution in [3.63, 3.8) is 0 Å². The summed E-state index contributed by atoms with van der Waals surface area (Å²) in [6.07, 6.45) is 1.90. The zero-order valence-corrected chi connectivity index (χ0v) is 12.4. The number of halogens is 1. The Labute approximate surface area is 120 Å². The van der Waals surface area contributed by atoms with Gasteiger partial charge in [-0.15, -0.1) is 0 Å².